The quantitative estimate of drug-likeness (QED) is 0.665. The first-order chi connectivity index (χ1) is 9.46. The highest BCUT2D eigenvalue weighted by atomic mass is 32.2. The van der Waals surface area contributed by atoms with Gasteiger partial charge in [0.15, 0.2) is 0 Å². The van der Waals surface area contributed by atoms with Crippen molar-refractivity contribution in [3.8, 4) is 0 Å². The fraction of sp³-hybridized carbons (Fsp3) is 0.923. The number of nitrogens with one attached hydrogen (secondary N) is 3. The van der Waals surface area contributed by atoms with Crippen molar-refractivity contribution < 1.29 is 13.2 Å². The molecule has 1 aliphatic carbocycles. The maximum atomic E-state index is 12.0. The number of piperidine rings is 1. The van der Waals surface area contributed by atoms with E-state index in [0.29, 0.717) is 6.54 Å². The smallest absolute Gasteiger partial charge is 0.237 e. The molecule has 2 aliphatic rings. The van der Waals surface area contributed by atoms with Gasteiger partial charge in [-0.15, -0.1) is 0 Å². The number of hydrogen-bond donors (Lipinski definition) is 3. The predicted octanol–water partition coefficient (Wildman–Crippen LogP) is -0.0374. The Hall–Kier alpha value is -0.660. The molecule has 0 aromatic carbocycles. The molecule has 3 N–H and O–H groups in total. The Labute approximate surface area is 121 Å². The van der Waals surface area contributed by atoms with Crippen LogP contribution in [0.5, 0.6) is 0 Å². The Balaban J connectivity index is 1.78. The Morgan fingerprint density at radius 1 is 1.20 bits per heavy atom. The van der Waals surface area contributed by atoms with E-state index in [-0.39, 0.29) is 23.9 Å². The minimum atomic E-state index is -3.17. The summed E-state index contributed by atoms with van der Waals surface area (Å²) in [5, 5.41) is 6.19. The summed E-state index contributed by atoms with van der Waals surface area (Å²) in [6.07, 6.45) is 7.13. The highest BCUT2D eigenvalue weighted by Crippen LogP contribution is 2.25. The van der Waals surface area contributed by atoms with Gasteiger partial charge in [-0.1, -0.05) is 12.8 Å². The molecule has 1 amide bonds. The van der Waals surface area contributed by atoms with Gasteiger partial charge in [0.05, 0.1) is 12.3 Å². The Morgan fingerprint density at radius 2 is 2.00 bits per heavy atom. The predicted molar refractivity (Wildman–Crippen MR) is 77.8 cm³/mol. The third-order valence-corrected chi connectivity index (χ3v) is 4.92. The molecule has 0 bridgehead atoms. The molecule has 0 aromatic heterocycles. The molecule has 20 heavy (non-hydrogen) atoms. The minimum absolute atomic E-state index is 0.0374. The van der Waals surface area contributed by atoms with Crippen LogP contribution < -0.4 is 15.4 Å². The maximum absolute atomic E-state index is 12.0. The van der Waals surface area contributed by atoms with Crippen molar-refractivity contribution in [3.63, 3.8) is 0 Å². The first-order valence-corrected chi connectivity index (χ1v) is 9.33. The van der Waals surface area contributed by atoms with E-state index in [4.69, 9.17) is 0 Å². The van der Waals surface area contributed by atoms with Crippen molar-refractivity contribution in [2.24, 2.45) is 5.92 Å². The van der Waals surface area contributed by atoms with Gasteiger partial charge in [-0.2, -0.15) is 0 Å². The number of carbonyl (C=O) groups is 1. The zero-order valence-electron chi connectivity index (χ0n) is 12.0. The van der Waals surface area contributed by atoms with E-state index in [0.717, 1.165) is 45.1 Å². The molecule has 3 unspecified atom stereocenters. The van der Waals surface area contributed by atoms with Crippen molar-refractivity contribution in [1.29, 1.82) is 0 Å². The third kappa shape index (κ3) is 4.71. The average Bonchev–Trinajstić information content (AvgIpc) is 2.82. The molecule has 1 aliphatic heterocycles. The molecule has 2 rings (SSSR count). The summed E-state index contributed by atoms with van der Waals surface area (Å²) in [5.74, 6) is 0.256. The second-order valence-electron chi connectivity index (χ2n) is 5.94. The van der Waals surface area contributed by atoms with Crippen molar-refractivity contribution in [3.05, 3.63) is 0 Å². The van der Waals surface area contributed by atoms with Crippen LogP contribution in [-0.4, -0.2) is 45.8 Å². The normalized spacial score (nSPS) is 31.1. The molecule has 0 aromatic rings. The molecule has 1 saturated heterocycles. The summed E-state index contributed by atoms with van der Waals surface area (Å²) >= 11 is 0. The highest BCUT2D eigenvalue weighted by Gasteiger charge is 2.30. The van der Waals surface area contributed by atoms with Crippen LogP contribution in [0.15, 0.2) is 0 Å². The van der Waals surface area contributed by atoms with Crippen LogP contribution in [0.2, 0.25) is 0 Å². The van der Waals surface area contributed by atoms with Gasteiger partial charge < -0.3 is 10.6 Å². The van der Waals surface area contributed by atoms with E-state index in [2.05, 4.69) is 15.4 Å². The van der Waals surface area contributed by atoms with Gasteiger partial charge in [-0.05, 0) is 38.1 Å². The molecule has 0 radical (unpaired) electrons. The van der Waals surface area contributed by atoms with E-state index in [1.165, 1.54) is 6.26 Å². The molecule has 2 fully saturated rings. The SMILES string of the molecule is CS(=O)(=O)NC1CCCC1CNC(=O)C1CCCCN1. The van der Waals surface area contributed by atoms with Crippen LogP contribution in [0, 0.1) is 5.92 Å². The summed E-state index contributed by atoms with van der Waals surface area (Å²) < 4.78 is 25.3. The van der Waals surface area contributed by atoms with E-state index in [1.807, 2.05) is 0 Å². The zero-order valence-corrected chi connectivity index (χ0v) is 12.8. The zero-order chi connectivity index (χ0) is 14.6. The fourth-order valence-electron chi connectivity index (χ4n) is 3.14. The van der Waals surface area contributed by atoms with E-state index >= 15 is 0 Å². The molecule has 1 saturated carbocycles. The lowest BCUT2D eigenvalue weighted by atomic mass is 10.0. The Kier molecular flexibility index (Phi) is 5.40. The van der Waals surface area contributed by atoms with E-state index in [1.54, 1.807) is 0 Å². The van der Waals surface area contributed by atoms with Gasteiger partial charge >= 0.3 is 0 Å². The van der Waals surface area contributed by atoms with Crippen molar-refractivity contribution >= 4 is 15.9 Å². The van der Waals surface area contributed by atoms with Gasteiger partial charge in [-0.25, -0.2) is 13.1 Å². The largest absolute Gasteiger partial charge is 0.354 e. The van der Waals surface area contributed by atoms with Crippen LogP contribution in [0.1, 0.15) is 38.5 Å². The maximum Gasteiger partial charge on any atom is 0.237 e. The summed E-state index contributed by atoms with van der Waals surface area (Å²) in [6.45, 7) is 1.46. The average molecular weight is 303 g/mol. The van der Waals surface area contributed by atoms with Crippen molar-refractivity contribution in [2.45, 2.75) is 50.6 Å². The number of hydrogen-bond acceptors (Lipinski definition) is 4. The summed E-state index contributed by atoms with van der Waals surface area (Å²) in [7, 11) is -3.17. The number of sulfonamides is 1. The molecular weight excluding hydrogens is 278 g/mol. The Morgan fingerprint density at radius 3 is 2.65 bits per heavy atom. The molecule has 6 nitrogen and oxygen atoms in total. The van der Waals surface area contributed by atoms with Gasteiger partial charge in [0, 0.05) is 12.6 Å². The molecule has 3 atom stereocenters. The van der Waals surface area contributed by atoms with Gasteiger partial charge in [0.25, 0.3) is 0 Å². The summed E-state index contributed by atoms with van der Waals surface area (Å²) in [4.78, 5) is 12.0. The minimum Gasteiger partial charge on any atom is -0.354 e. The lowest BCUT2D eigenvalue weighted by molar-refractivity contribution is -0.123. The molecule has 1 heterocycles. The van der Waals surface area contributed by atoms with Crippen LogP contribution in [0.3, 0.4) is 0 Å². The van der Waals surface area contributed by atoms with Gasteiger partial charge in [-0.3, -0.25) is 4.79 Å². The lowest BCUT2D eigenvalue weighted by Crippen LogP contribution is -2.49. The number of amides is 1. The monoisotopic (exact) mass is 303 g/mol. The number of rotatable bonds is 5. The van der Waals surface area contributed by atoms with Crippen LogP contribution in [-0.2, 0) is 14.8 Å². The van der Waals surface area contributed by atoms with Crippen LogP contribution in [0.4, 0.5) is 0 Å². The first kappa shape index (κ1) is 15.7. The summed E-state index contributed by atoms with van der Waals surface area (Å²) in [5.41, 5.74) is 0. The topological polar surface area (TPSA) is 87.3 Å². The second kappa shape index (κ2) is 6.87. The van der Waals surface area contributed by atoms with E-state index < -0.39 is 10.0 Å². The Bertz CT molecular complexity index is 432. The van der Waals surface area contributed by atoms with Crippen molar-refractivity contribution in [2.75, 3.05) is 19.3 Å². The van der Waals surface area contributed by atoms with Crippen molar-refractivity contribution in [1.82, 2.24) is 15.4 Å². The fourth-order valence-corrected chi connectivity index (χ4v) is 4.00. The molecular formula is C13H25N3O3S. The van der Waals surface area contributed by atoms with Gasteiger partial charge in [0.2, 0.25) is 15.9 Å². The van der Waals surface area contributed by atoms with Crippen LogP contribution >= 0.6 is 0 Å². The molecule has 0 spiro atoms. The molecule has 116 valence electrons. The summed E-state index contributed by atoms with van der Waals surface area (Å²) in [6, 6.07) is -0.115. The number of carbonyl (C=O) groups excluding carboxylic acids is 1. The molecule has 7 heteroatoms. The third-order valence-electron chi connectivity index (χ3n) is 4.19. The lowest BCUT2D eigenvalue weighted by Gasteiger charge is -2.25. The standard InChI is InChI=1S/C13H25N3O3S/c1-20(18,19)16-11-7-4-5-10(11)9-15-13(17)12-6-2-3-8-14-12/h10-12,14,16H,2-9H2,1H3,(H,15,17). The van der Waals surface area contributed by atoms with Crippen LogP contribution in [0.25, 0.3) is 0 Å². The van der Waals surface area contributed by atoms with Gasteiger partial charge in [0.1, 0.15) is 0 Å². The van der Waals surface area contributed by atoms with E-state index in [9.17, 15) is 13.2 Å². The second-order valence-corrected chi connectivity index (χ2v) is 7.72. The first-order valence-electron chi connectivity index (χ1n) is 7.44. The highest BCUT2D eigenvalue weighted by molar-refractivity contribution is 7.88.